The van der Waals surface area contributed by atoms with Gasteiger partial charge in [-0.25, -0.2) is 0 Å². The summed E-state index contributed by atoms with van der Waals surface area (Å²) in [6, 6.07) is 3.45. The second-order valence-electron chi connectivity index (χ2n) is 5.25. The van der Waals surface area contributed by atoms with Gasteiger partial charge in [-0.15, -0.1) is 0 Å². The van der Waals surface area contributed by atoms with Crippen LogP contribution >= 0.6 is 0 Å². The Labute approximate surface area is 109 Å². The molecule has 1 aromatic heterocycles. The van der Waals surface area contributed by atoms with Crippen LogP contribution in [-0.2, 0) is 9.59 Å². The molecule has 0 N–H and O–H groups in total. The van der Waals surface area contributed by atoms with E-state index in [0.717, 1.165) is 11.4 Å². The number of hydrogen-bond acceptors (Lipinski definition) is 4. The van der Waals surface area contributed by atoms with E-state index in [9.17, 15) is 9.59 Å². The summed E-state index contributed by atoms with van der Waals surface area (Å²) in [7, 11) is 0. The molecule has 5 heteroatoms. The molecule has 3 aliphatic rings. The van der Waals surface area contributed by atoms with Gasteiger partial charge in [0.25, 0.3) is 11.8 Å². The highest BCUT2D eigenvalue weighted by molar-refractivity contribution is 6.06. The number of rotatable bonds is 2. The van der Waals surface area contributed by atoms with Crippen LogP contribution in [0.3, 0.4) is 0 Å². The maximum absolute atomic E-state index is 12.3. The van der Waals surface area contributed by atoms with Gasteiger partial charge in [0.05, 0.1) is 24.3 Å². The Morgan fingerprint density at radius 3 is 2.47 bits per heavy atom. The Morgan fingerprint density at radius 2 is 1.89 bits per heavy atom. The SMILES string of the molecule is O=C1[C@@H]2[C@H](C(=O)N1N=Cc1ccco1)[C@H]1C=C[C@H]2C1. The number of furan rings is 1. The van der Waals surface area contributed by atoms with E-state index in [2.05, 4.69) is 17.3 Å². The lowest BCUT2D eigenvalue weighted by Crippen LogP contribution is -2.28. The molecular weight excluding hydrogens is 244 g/mol. The van der Waals surface area contributed by atoms with Crippen LogP contribution in [0.4, 0.5) is 0 Å². The van der Waals surface area contributed by atoms with Crippen molar-refractivity contribution in [3.8, 4) is 0 Å². The van der Waals surface area contributed by atoms with Gasteiger partial charge in [-0.2, -0.15) is 10.1 Å². The van der Waals surface area contributed by atoms with E-state index in [1.165, 1.54) is 12.5 Å². The van der Waals surface area contributed by atoms with Gasteiger partial charge in [0.15, 0.2) is 0 Å². The van der Waals surface area contributed by atoms with Gasteiger partial charge in [0, 0.05) is 0 Å². The molecule has 2 fully saturated rings. The predicted octanol–water partition coefficient (Wildman–Crippen LogP) is 1.42. The zero-order valence-electron chi connectivity index (χ0n) is 10.1. The Balaban J connectivity index is 1.62. The highest BCUT2D eigenvalue weighted by Crippen LogP contribution is 2.52. The van der Waals surface area contributed by atoms with Crippen LogP contribution in [0.2, 0.25) is 0 Å². The third-order valence-corrected chi connectivity index (χ3v) is 4.29. The fourth-order valence-electron chi connectivity index (χ4n) is 3.48. The first kappa shape index (κ1) is 10.7. The molecular formula is C14H12N2O3. The van der Waals surface area contributed by atoms with Crippen LogP contribution in [0.25, 0.3) is 0 Å². The molecule has 4 rings (SSSR count). The zero-order chi connectivity index (χ0) is 13.0. The second kappa shape index (κ2) is 3.66. The average Bonchev–Trinajstić information content (AvgIpc) is 3.14. The first-order valence-corrected chi connectivity index (χ1v) is 6.39. The zero-order valence-corrected chi connectivity index (χ0v) is 10.1. The quantitative estimate of drug-likeness (QED) is 0.456. The lowest BCUT2D eigenvalue weighted by Gasteiger charge is -2.13. The molecule has 0 radical (unpaired) electrons. The van der Waals surface area contributed by atoms with Crippen molar-refractivity contribution in [3.63, 3.8) is 0 Å². The normalized spacial score (nSPS) is 35.9. The highest BCUT2D eigenvalue weighted by atomic mass is 16.3. The fraction of sp³-hybridized carbons (Fsp3) is 0.357. The third kappa shape index (κ3) is 1.38. The second-order valence-corrected chi connectivity index (χ2v) is 5.25. The molecule has 19 heavy (non-hydrogen) atoms. The summed E-state index contributed by atoms with van der Waals surface area (Å²) in [5.41, 5.74) is 0. The summed E-state index contributed by atoms with van der Waals surface area (Å²) in [5, 5.41) is 5.01. The molecule has 0 unspecified atom stereocenters. The highest BCUT2D eigenvalue weighted by Gasteiger charge is 2.59. The van der Waals surface area contributed by atoms with Gasteiger partial charge >= 0.3 is 0 Å². The number of amides is 2. The number of carbonyl (C=O) groups is 2. The average molecular weight is 256 g/mol. The van der Waals surface area contributed by atoms with Crippen molar-refractivity contribution in [2.24, 2.45) is 28.8 Å². The molecule has 2 bridgehead atoms. The molecule has 4 atom stereocenters. The standard InChI is InChI=1S/C14H12N2O3/c17-13-11-8-3-4-9(6-8)12(11)14(18)16(13)15-7-10-2-1-5-19-10/h1-5,7-9,11-12H,6H2/t8-,9-,11-,12+/m0/s1. The number of hydrogen-bond donors (Lipinski definition) is 0. The van der Waals surface area contributed by atoms with Crippen LogP contribution in [-0.4, -0.2) is 23.0 Å². The fourth-order valence-corrected chi connectivity index (χ4v) is 3.48. The van der Waals surface area contributed by atoms with E-state index < -0.39 is 0 Å². The van der Waals surface area contributed by atoms with Crippen molar-refractivity contribution in [2.75, 3.05) is 0 Å². The predicted molar refractivity (Wildman–Crippen MR) is 65.9 cm³/mol. The molecule has 1 saturated heterocycles. The summed E-state index contributed by atoms with van der Waals surface area (Å²) in [6.07, 6.45) is 8.00. The van der Waals surface area contributed by atoms with Crippen molar-refractivity contribution in [2.45, 2.75) is 6.42 Å². The number of allylic oxidation sites excluding steroid dienone is 2. The largest absolute Gasteiger partial charge is 0.463 e. The Bertz CT molecular complexity index is 572. The smallest absolute Gasteiger partial charge is 0.254 e. The summed E-state index contributed by atoms with van der Waals surface area (Å²) in [4.78, 5) is 24.5. The maximum atomic E-state index is 12.3. The first-order chi connectivity index (χ1) is 9.25. The van der Waals surface area contributed by atoms with Gasteiger partial charge in [0.1, 0.15) is 5.76 Å². The first-order valence-electron chi connectivity index (χ1n) is 6.39. The molecule has 0 spiro atoms. The van der Waals surface area contributed by atoms with Crippen LogP contribution < -0.4 is 0 Å². The lowest BCUT2D eigenvalue weighted by atomic mass is 9.85. The van der Waals surface area contributed by atoms with Gasteiger partial charge in [0.2, 0.25) is 0 Å². The van der Waals surface area contributed by atoms with Crippen molar-refractivity contribution in [1.29, 1.82) is 0 Å². The van der Waals surface area contributed by atoms with E-state index >= 15 is 0 Å². The van der Waals surface area contributed by atoms with Crippen LogP contribution in [0.15, 0.2) is 40.1 Å². The summed E-state index contributed by atoms with van der Waals surface area (Å²) in [5.74, 6) is 0.223. The van der Waals surface area contributed by atoms with Gasteiger partial charge < -0.3 is 4.42 Å². The minimum absolute atomic E-state index is 0.172. The Kier molecular flexibility index (Phi) is 2.07. The van der Waals surface area contributed by atoms with Crippen LogP contribution in [0.1, 0.15) is 12.2 Å². The molecule has 2 heterocycles. The van der Waals surface area contributed by atoms with Crippen molar-refractivity contribution in [3.05, 3.63) is 36.3 Å². The summed E-state index contributed by atoms with van der Waals surface area (Å²) >= 11 is 0. The van der Waals surface area contributed by atoms with Crippen molar-refractivity contribution in [1.82, 2.24) is 5.01 Å². The summed E-state index contributed by atoms with van der Waals surface area (Å²) in [6.45, 7) is 0. The monoisotopic (exact) mass is 256 g/mol. The molecule has 1 aromatic rings. The number of imide groups is 1. The Hall–Kier alpha value is -2.17. The molecule has 1 aliphatic heterocycles. The maximum Gasteiger partial charge on any atom is 0.254 e. The van der Waals surface area contributed by atoms with E-state index in [1.807, 2.05) is 0 Å². The summed E-state index contributed by atoms with van der Waals surface area (Å²) < 4.78 is 5.10. The minimum atomic E-state index is -0.198. The van der Waals surface area contributed by atoms with E-state index in [1.54, 1.807) is 12.1 Å². The van der Waals surface area contributed by atoms with Gasteiger partial charge in [-0.1, -0.05) is 12.2 Å². The Morgan fingerprint density at radius 1 is 1.21 bits per heavy atom. The third-order valence-electron chi connectivity index (χ3n) is 4.29. The number of hydrazone groups is 1. The van der Waals surface area contributed by atoms with E-state index in [-0.39, 0.29) is 35.5 Å². The van der Waals surface area contributed by atoms with E-state index in [4.69, 9.17) is 4.42 Å². The number of carbonyl (C=O) groups excluding carboxylic acids is 2. The molecule has 2 amide bonds. The van der Waals surface area contributed by atoms with E-state index in [0.29, 0.717) is 5.76 Å². The molecule has 96 valence electrons. The lowest BCUT2D eigenvalue weighted by molar-refractivity contribution is -0.140. The van der Waals surface area contributed by atoms with Crippen molar-refractivity contribution >= 4 is 18.0 Å². The number of nitrogens with zero attached hydrogens (tertiary/aromatic N) is 2. The van der Waals surface area contributed by atoms with Crippen LogP contribution in [0.5, 0.6) is 0 Å². The molecule has 1 saturated carbocycles. The van der Waals surface area contributed by atoms with Crippen molar-refractivity contribution < 1.29 is 14.0 Å². The van der Waals surface area contributed by atoms with Crippen LogP contribution in [0, 0.1) is 23.7 Å². The molecule has 5 nitrogen and oxygen atoms in total. The van der Waals surface area contributed by atoms with Gasteiger partial charge in [-0.3, -0.25) is 9.59 Å². The minimum Gasteiger partial charge on any atom is -0.463 e. The molecule has 2 aliphatic carbocycles. The van der Waals surface area contributed by atoms with Gasteiger partial charge in [-0.05, 0) is 30.4 Å². The number of fused-ring (bicyclic) bond motifs is 5. The molecule has 0 aromatic carbocycles. The topological polar surface area (TPSA) is 62.9 Å².